The average molecular weight is 423 g/mol. The number of halogens is 3. The molecule has 0 saturated heterocycles. The third kappa shape index (κ3) is 4.91. The summed E-state index contributed by atoms with van der Waals surface area (Å²) in [5.41, 5.74) is 5.08. The Hall–Kier alpha value is -3.50. The molecule has 1 fully saturated rings. The minimum Gasteiger partial charge on any atom is -0.465 e. The van der Waals surface area contributed by atoms with Crippen LogP contribution < -0.4 is 21.7 Å². The largest absolute Gasteiger partial charge is 0.465 e. The SMILES string of the molecule is NC(=O)c1cc(F)c(N[C@@H]2CCCC[C@@H]2NC(=O)O)nc1Nc1ccc(F)c(F)c1. The van der Waals surface area contributed by atoms with Crippen LogP contribution in [-0.2, 0) is 0 Å². The van der Waals surface area contributed by atoms with E-state index in [2.05, 4.69) is 20.9 Å². The summed E-state index contributed by atoms with van der Waals surface area (Å²) in [5.74, 6) is -4.39. The first-order chi connectivity index (χ1) is 14.2. The van der Waals surface area contributed by atoms with Gasteiger partial charge in [0.1, 0.15) is 5.82 Å². The molecule has 1 aliphatic carbocycles. The molecular formula is C19H20F3N5O3. The van der Waals surface area contributed by atoms with Gasteiger partial charge in [0.15, 0.2) is 23.3 Å². The van der Waals surface area contributed by atoms with E-state index in [-0.39, 0.29) is 22.9 Å². The van der Waals surface area contributed by atoms with E-state index < -0.39 is 41.5 Å². The number of carbonyl (C=O) groups excluding carboxylic acids is 1. The molecule has 8 nitrogen and oxygen atoms in total. The first-order valence-corrected chi connectivity index (χ1v) is 9.23. The number of rotatable bonds is 6. The molecule has 0 unspecified atom stereocenters. The van der Waals surface area contributed by atoms with E-state index in [4.69, 9.17) is 10.8 Å². The summed E-state index contributed by atoms with van der Waals surface area (Å²) in [7, 11) is 0. The Kier molecular flexibility index (Phi) is 6.28. The monoisotopic (exact) mass is 423 g/mol. The number of pyridine rings is 1. The number of hydrogen-bond donors (Lipinski definition) is 5. The molecule has 2 atom stereocenters. The van der Waals surface area contributed by atoms with Gasteiger partial charge in [-0.1, -0.05) is 12.8 Å². The van der Waals surface area contributed by atoms with Crippen molar-refractivity contribution in [2.24, 2.45) is 5.73 Å². The maximum Gasteiger partial charge on any atom is 0.404 e. The molecule has 2 amide bonds. The van der Waals surface area contributed by atoms with Crippen LogP contribution in [0.3, 0.4) is 0 Å². The van der Waals surface area contributed by atoms with Gasteiger partial charge in [0, 0.05) is 17.8 Å². The van der Waals surface area contributed by atoms with E-state index in [0.29, 0.717) is 12.8 Å². The average Bonchev–Trinajstić information content (AvgIpc) is 2.68. The first kappa shape index (κ1) is 21.2. The normalized spacial score (nSPS) is 18.5. The summed E-state index contributed by atoms with van der Waals surface area (Å²) in [4.78, 5) is 26.8. The van der Waals surface area contributed by atoms with Crippen LogP contribution in [0.2, 0.25) is 0 Å². The molecule has 3 rings (SSSR count). The highest BCUT2D eigenvalue weighted by Crippen LogP contribution is 2.27. The van der Waals surface area contributed by atoms with Gasteiger partial charge in [0.05, 0.1) is 11.6 Å². The molecule has 1 saturated carbocycles. The van der Waals surface area contributed by atoms with Crippen molar-refractivity contribution >= 4 is 29.3 Å². The summed E-state index contributed by atoms with van der Waals surface area (Å²) in [5, 5.41) is 16.9. The lowest BCUT2D eigenvalue weighted by Gasteiger charge is -2.32. The van der Waals surface area contributed by atoms with Crippen molar-refractivity contribution in [1.29, 1.82) is 0 Å². The van der Waals surface area contributed by atoms with Crippen molar-refractivity contribution < 1.29 is 27.9 Å². The van der Waals surface area contributed by atoms with Crippen LogP contribution in [0.15, 0.2) is 24.3 Å². The third-order valence-electron chi connectivity index (χ3n) is 4.82. The zero-order valence-electron chi connectivity index (χ0n) is 15.7. The number of anilines is 3. The predicted octanol–water partition coefficient (Wildman–Crippen LogP) is 3.33. The van der Waals surface area contributed by atoms with Gasteiger partial charge < -0.3 is 26.8 Å². The van der Waals surface area contributed by atoms with Crippen LogP contribution in [0.4, 0.5) is 35.3 Å². The zero-order chi connectivity index (χ0) is 21.8. The van der Waals surface area contributed by atoms with Crippen LogP contribution in [0.5, 0.6) is 0 Å². The number of nitrogens with two attached hydrogens (primary N) is 1. The van der Waals surface area contributed by atoms with Crippen LogP contribution in [0.25, 0.3) is 0 Å². The third-order valence-corrected chi connectivity index (χ3v) is 4.82. The topological polar surface area (TPSA) is 129 Å². The quantitative estimate of drug-likeness (QED) is 0.485. The second-order valence-electron chi connectivity index (χ2n) is 6.92. The Morgan fingerprint density at radius 1 is 1.00 bits per heavy atom. The highest BCUT2D eigenvalue weighted by Gasteiger charge is 2.28. The summed E-state index contributed by atoms with van der Waals surface area (Å²) < 4.78 is 41.2. The summed E-state index contributed by atoms with van der Waals surface area (Å²) in [6.45, 7) is 0. The molecule has 0 radical (unpaired) electrons. The van der Waals surface area contributed by atoms with Gasteiger partial charge in [-0.05, 0) is 31.0 Å². The Bertz CT molecular complexity index is 973. The van der Waals surface area contributed by atoms with Crippen molar-refractivity contribution in [1.82, 2.24) is 10.3 Å². The Labute approximate surface area is 169 Å². The zero-order valence-corrected chi connectivity index (χ0v) is 15.7. The van der Waals surface area contributed by atoms with E-state index in [1.54, 1.807) is 0 Å². The second kappa shape index (κ2) is 8.89. The Balaban J connectivity index is 1.91. The summed E-state index contributed by atoms with van der Waals surface area (Å²) >= 11 is 0. The van der Waals surface area contributed by atoms with E-state index in [0.717, 1.165) is 31.0 Å². The molecule has 1 aromatic carbocycles. The standard InChI is InChI=1S/C19H20F3N5O3/c20-11-6-5-9(7-12(11)21)24-17-10(16(23)28)8-13(22)18(27-17)25-14-3-1-2-4-15(14)26-19(29)30/h5-8,14-15,26H,1-4H2,(H2,23,28)(H,29,30)(H2,24,25,27)/t14-,15+/m1/s1. The molecule has 2 aromatic rings. The van der Waals surface area contributed by atoms with Crippen LogP contribution in [-0.4, -0.2) is 34.2 Å². The number of nitrogens with zero attached hydrogens (tertiary/aromatic N) is 1. The van der Waals surface area contributed by atoms with E-state index in [9.17, 15) is 22.8 Å². The number of carboxylic acid groups (broad SMARTS) is 1. The number of amides is 2. The van der Waals surface area contributed by atoms with Crippen molar-refractivity contribution in [3.05, 3.63) is 47.3 Å². The number of primary amides is 1. The molecule has 0 aliphatic heterocycles. The molecule has 0 bridgehead atoms. The number of carbonyl (C=O) groups is 2. The summed E-state index contributed by atoms with van der Waals surface area (Å²) in [6, 6.07) is 2.96. The lowest BCUT2D eigenvalue weighted by molar-refractivity contribution is 0.1000. The van der Waals surface area contributed by atoms with Crippen molar-refractivity contribution in [3.63, 3.8) is 0 Å². The van der Waals surface area contributed by atoms with Gasteiger partial charge in [-0.2, -0.15) is 0 Å². The van der Waals surface area contributed by atoms with Crippen LogP contribution in [0, 0.1) is 17.5 Å². The smallest absolute Gasteiger partial charge is 0.404 e. The van der Waals surface area contributed by atoms with Gasteiger partial charge in [-0.15, -0.1) is 0 Å². The number of hydrogen-bond acceptors (Lipinski definition) is 5. The fraction of sp³-hybridized carbons (Fsp3) is 0.316. The lowest BCUT2D eigenvalue weighted by atomic mass is 9.90. The molecule has 1 heterocycles. The van der Waals surface area contributed by atoms with Gasteiger partial charge in [-0.25, -0.2) is 22.9 Å². The van der Waals surface area contributed by atoms with E-state index in [1.807, 2.05) is 0 Å². The minimum absolute atomic E-state index is 0.0737. The lowest BCUT2D eigenvalue weighted by Crippen LogP contribution is -2.48. The fourth-order valence-corrected chi connectivity index (χ4v) is 3.39. The summed E-state index contributed by atoms with van der Waals surface area (Å²) in [6.07, 6.45) is 1.60. The number of nitrogens with one attached hydrogen (secondary N) is 3. The molecule has 6 N–H and O–H groups in total. The molecule has 11 heteroatoms. The van der Waals surface area contributed by atoms with Gasteiger partial charge in [0.25, 0.3) is 5.91 Å². The highest BCUT2D eigenvalue weighted by molar-refractivity contribution is 5.98. The molecular weight excluding hydrogens is 403 g/mol. The predicted molar refractivity (Wildman–Crippen MR) is 103 cm³/mol. The molecule has 30 heavy (non-hydrogen) atoms. The maximum atomic E-state index is 14.6. The minimum atomic E-state index is -1.19. The Morgan fingerprint density at radius 2 is 1.70 bits per heavy atom. The van der Waals surface area contributed by atoms with Crippen molar-refractivity contribution in [2.75, 3.05) is 10.6 Å². The molecule has 1 aliphatic rings. The first-order valence-electron chi connectivity index (χ1n) is 9.23. The molecule has 0 spiro atoms. The Morgan fingerprint density at radius 3 is 2.33 bits per heavy atom. The van der Waals surface area contributed by atoms with E-state index in [1.165, 1.54) is 6.07 Å². The van der Waals surface area contributed by atoms with Gasteiger partial charge in [-0.3, -0.25) is 4.79 Å². The van der Waals surface area contributed by atoms with Crippen molar-refractivity contribution in [2.45, 2.75) is 37.8 Å². The van der Waals surface area contributed by atoms with Gasteiger partial charge >= 0.3 is 6.09 Å². The number of benzene rings is 1. The van der Waals surface area contributed by atoms with E-state index >= 15 is 0 Å². The van der Waals surface area contributed by atoms with Gasteiger partial charge in [0.2, 0.25) is 0 Å². The molecule has 1 aromatic heterocycles. The van der Waals surface area contributed by atoms with Crippen LogP contribution >= 0.6 is 0 Å². The highest BCUT2D eigenvalue weighted by atomic mass is 19.2. The number of aromatic nitrogens is 1. The van der Waals surface area contributed by atoms with Crippen LogP contribution in [0.1, 0.15) is 36.0 Å². The van der Waals surface area contributed by atoms with Crippen molar-refractivity contribution in [3.8, 4) is 0 Å². The second-order valence-corrected chi connectivity index (χ2v) is 6.92. The molecule has 160 valence electrons. The maximum absolute atomic E-state index is 14.6. The fourth-order valence-electron chi connectivity index (χ4n) is 3.39.